The summed E-state index contributed by atoms with van der Waals surface area (Å²) in [7, 11) is 1.64. The molecule has 9 nitrogen and oxygen atoms in total. The van der Waals surface area contributed by atoms with Crippen molar-refractivity contribution in [3.05, 3.63) is 64.8 Å². The van der Waals surface area contributed by atoms with Crippen molar-refractivity contribution in [2.45, 2.75) is 39.7 Å². The van der Waals surface area contributed by atoms with Crippen LogP contribution in [0.25, 0.3) is 33.1 Å². The number of methoxy groups -OCH3 is 1. The van der Waals surface area contributed by atoms with Crippen LogP contribution in [0, 0.1) is 20.8 Å². The van der Waals surface area contributed by atoms with Crippen molar-refractivity contribution in [2.24, 2.45) is 0 Å². The molecule has 0 saturated heterocycles. The first-order valence-corrected chi connectivity index (χ1v) is 12.2. The topological polar surface area (TPSA) is 117 Å². The van der Waals surface area contributed by atoms with Gasteiger partial charge in [0, 0.05) is 23.0 Å². The minimum Gasteiger partial charge on any atom is -0.496 e. The molecule has 4 heterocycles. The Bertz CT molecular complexity index is 1670. The van der Waals surface area contributed by atoms with Crippen LogP contribution in [-0.4, -0.2) is 44.8 Å². The number of hydrogen-bond acceptors (Lipinski definition) is 7. The highest BCUT2D eigenvalue weighted by Crippen LogP contribution is 2.43. The summed E-state index contributed by atoms with van der Waals surface area (Å²) >= 11 is 0. The van der Waals surface area contributed by atoms with Gasteiger partial charge in [0.15, 0.2) is 0 Å². The molecule has 5 aromatic rings. The first-order chi connectivity index (χ1) is 17.9. The van der Waals surface area contributed by atoms with Crippen LogP contribution < -0.4 is 9.64 Å². The Hall–Kier alpha value is -4.40. The van der Waals surface area contributed by atoms with Crippen molar-refractivity contribution in [1.29, 1.82) is 0 Å². The minimum atomic E-state index is -0.849. The number of rotatable bonds is 5. The monoisotopic (exact) mass is 497 g/mol. The molecule has 0 aliphatic carbocycles. The zero-order valence-electron chi connectivity index (χ0n) is 21.1. The van der Waals surface area contributed by atoms with Gasteiger partial charge in [-0.1, -0.05) is 29.4 Å². The van der Waals surface area contributed by atoms with Crippen molar-refractivity contribution < 1.29 is 19.2 Å². The smallest absolute Gasteiger partial charge is 0.305 e. The Morgan fingerprint density at radius 2 is 2.03 bits per heavy atom. The van der Waals surface area contributed by atoms with Crippen LogP contribution in [-0.2, 0) is 11.2 Å². The van der Waals surface area contributed by atoms with Crippen molar-refractivity contribution in [1.82, 2.24) is 20.1 Å². The lowest BCUT2D eigenvalue weighted by atomic mass is 9.90. The summed E-state index contributed by atoms with van der Waals surface area (Å²) in [6.45, 7) is 6.30. The Kier molecular flexibility index (Phi) is 5.36. The van der Waals surface area contributed by atoms with E-state index in [0.717, 1.165) is 50.9 Å². The third kappa shape index (κ3) is 3.69. The molecule has 188 valence electrons. The number of ether oxygens (including phenoxy) is 1. The number of aromatic amines is 1. The van der Waals surface area contributed by atoms with Crippen molar-refractivity contribution in [3.8, 4) is 16.9 Å². The number of benzene rings is 2. The average Bonchev–Trinajstić information content (AvgIpc) is 3.40. The van der Waals surface area contributed by atoms with Gasteiger partial charge in [0.1, 0.15) is 28.8 Å². The van der Waals surface area contributed by atoms with Gasteiger partial charge in [-0.3, -0.25) is 4.79 Å². The van der Waals surface area contributed by atoms with E-state index >= 15 is 0 Å². The molecule has 1 aliphatic heterocycles. The quantitative estimate of drug-likeness (QED) is 0.337. The van der Waals surface area contributed by atoms with Crippen LogP contribution in [0.4, 0.5) is 5.82 Å². The van der Waals surface area contributed by atoms with Gasteiger partial charge in [0.2, 0.25) is 0 Å². The Labute approximate surface area is 213 Å². The predicted molar refractivity (Wildman–Crippen MR) is 140 cm³/mol. The van der Waals surface area contributed by atoms with Crippen LogP contribution in [0.15, 0.2) is 40.9 Å². The number of H-pyrrole nitrogens is 1. The molecule has 2 aromatic carbocycles. The molecule has 0 saturated carbocycles. The second-order valence-corrected chi connectivity index (χ2v) is 9.50. The van der Waals surface area contributed by atoms with Crippen LogP contribution in [0.1, 0.15) is 40.9 Å². The molecule has 0 bridgehead atoms. The van der Waals surface area contributed by atoms with Gasteiger partial charge in [-0.25, -0.2) is 9.97 Å². The molecule has 0 radical (unpaired) electrons. The number of aryl methyl sites for hydroxylation is 3. The van der Waals surface area contributed by atoms with Crippen LogP contribution >= 0.6 is 0 Å². The lowest BCUT2D eigenvalue weighted by Crippen LogP contribution is -2.37. The number of aromatic nitrogens is 4. The molecule has 1 unspecified atom stereocenters. The standard InChI is InChI=1S/C28H27N5O4/c1-14-25(15(2)37-32-14)20-11-21-19(12-23(20)36-4)26-27(31-21)29-16(3)30-28(26)33-10-9-17-7-5-6-8-18(17)22(33)13-24(34)35/h5-8,11-12,22H,9-10,13H2,1-4H3,(H,34,35)(H,29,30,31). The first kappa shape index (κ1) is 23.0. The number of anilines is 1. The molecule has 3 aromatic heterocycles. The number of carbonyl (C=O) groups is 1. The second-order valence-electron chi connectivity index (χ2n) is 9.50. The molecular weight excluding hydrogens is 470 g/mol. The van der Waals surface area contributed by atoms with E-state index in [1.165, 1.54) is 5.56 Å². The van der Waals surface area contributed by atoms with Gasteiger partial charge in [-0.15, -0.1) is 0 Å². The third-order valence-electron chi connectivity index (χ3n) is 7.22. The number of nitrogens with zero attached hydrogens (tertiary/aromatic N) is 4. The Morgan fingerprint density at radius 3 is 2.76 bits per heavy atom. The molecule has 0 amide bonds. The number of carboxylic acid groups (broad SMARTS) is 1. The van der Waals surface area contributed by atoms with Crippen molar-refractivity contribution in [2.75, 3.05) is 18.6 Å². The zero-order valence-corrected chi connectivity index (χ0v) is 21.1. The van der Waals surface area contributed by atoms with Crippen LogP contribution in [0.5, 0.6) is 5.75 Å². The van der Waals surface area contributed by atoms with Crippen molar-refractivity contribution >= 4 is 33.7 Å². The number of fused-ring (bicyclic) bond motifs is 4. The zero-order chi connectivity index (χ0) is 25.8. The van der Waals surface area contributed by atoms with Gasteiger partial charge in [-0.05, 0) is 50.5 Å². The molecule has 37 heavy (non-hydrogen) atoms. The number of nitrogens with one attached hydrogen (secondary N) is 1. The maximum Gasteiger partial charge on any atom is 0.305 e. The fourth-order valence-corrected chi connectivity index (χ4v) is 5.64. The summed E-state index contributed by atoms with van der Waals surface area (Å²) in [6, 6.07) is 11.7. The summed E-state index contributed by atoms with van der Waals surface area (Å²) in [5.74, 6) is 1.88. The van der Waals surface area contributed by atoms with Gasteiger partial charge in [0.25, 0.3) is 0 Å². The number of hydrogen-bond donors (Lipinski definition) is 2. The summed E-state index contributed by atoms with van der Waals surface area (Å²) in [5.41, 5.74) is 6.33. The van der Waals surface area contributed by atoms with Gasteiger partial charge < -0.3 is 24.3 Å². The number of aliphatic carboxylic acids is 1. The normalized spacial score (nSPS) is 15.4. The highest BCUT2D eigenvalue weighted by molar-refractivity contribution is 6.13. The predicted octanol–water partition coefficient (Wildman–Crippen LogP) is 5.28. The van der Waals surface area contributed by atoms with E-state index in [1.807, 2.05) is 51.1 Å². The van der Waals surface area contributed by atoms with E-state index in [4.69, 9.17) is 19.2 Å². The average molecular weight is 498 g/mol. The SMILES string of the molecule is COc1cc2c(cc1-c1c(C)noc1C)[nH]c1nc(C)nc(N3CCc4ccccc4C3CC(=O)O)c12. The van der Waals surface area contributed by atoms with Crippen molar-refractivity contribution in [3.63, 3.8) is 0 Å². The highest BCUT2D eigenvalue weighted by atomic mass is 16.5. The molecular formula is C28H27N5O4. The lowest BCUT2D eigenvalue weighted by Gasteiger charge is -2.38. The van der Waals surface area contributed by atoms with E-state index in [2.05, 4.69) is 21.1 Å². The molecule has 1 atom stereocenters. The molecule has 0 fully saturated rings. The van der Waals surface area contributed by atoms with Gasteiger partial charge >= 0.3 is 5.97 Å². The first-order valence-electron chi connectivity index (χ1n) is 12.2. The maximum atomic E-state index is 11.9. The van der Waals surface area contributed by atoms with E-state index in [9.17, 15) is 9.90 Å². The number of carboxylic acids is 1. The fourth-order valence-electron chi connectivity index (χ4n) is 5.64. The lowest BCUT2D eigenvalue weighted by molar-refractivity contribution is -0.137. The largest absolute Gasteiger partial charge is 0.496 e. The van der Waals surface area contributed by atoms with E-state index in [1.54, 1.807) is 7.11 Å². The maximum absolute atomic E-state index is 11.9. The molecule has 0 spiro atoms. The Balaban J connectivity index is 1.60. The third-order valence-corrected chi connectivity index (χ3v) is 7.22. The Morgan fingerprint density at radius 1 is 1.22 bits per heavy atom. The second kappa shape index (κ2) is 8.62. The molecule has 2 N–H and O–H groups in total. The van der Waals surface area contributed by atoms with E-state index in [-0.39, 0.29) is 12.5 Å². The van der Waals surface area contributed by atoms with Crippen LogP contribution in [0.2, 0.25) is 0 Å². The molecule has 9 heteroatoms. The van der Waals surface area contributed by atoms with Gasteiger partial charge in [-0.2, -0.15) is 0 Å². The van der Waals surface area contributed by atoms with Crippen LogP contribution in [0.3, 0.4) is 0 Å². The molecule has 6 rings (SSSR count). The van der Waals surface area contributed by atoms with E-state index < -0.39 is 5.97 Å². The van der Waals surface area contributed by atoms with Gasteiger partial charge in [0.05, 0.1) is 36.2 Å². The summed E-state index contributed by atoms with van der Waals surface area (Å²) < 4.78 is 11.2. The van der Waals surface area contributed by atoms with E-state index in [0.29, 0.717) is 29.5 Å². The minimum absolute atomic E-state index is 0.0244. The summed E-state index contributed by atoms with van der Waals surface area (Å²) in [5, 5.41) is 15.7. The fraction of sp³-hybridized carbons (Fsp3) is 0.286. The molecule has 1 aliphatic rings. The highest BCUT2D eigenvalue weighted by Gasteiger charge is 2.32. The summed E-state index contributed by atoms with van der Waals surface area (Å²) in [4.78, 5) is 27.1. The summed E-state index contributed by atoms with van der Waals surface area (Å²) in [6.07, 6.45) is 0.780.